The zero-order valence-corrected chi connectivity index (χ0v) is 10.4. The number of ketones is 1. The molecule has 0 saturated heterocycles. The van der Waals surface area contributed by atoms with E-state index in [0.717, 1.165) is 10.5 Å². The van der Waals surface area contributed by atoms with Gasteiger partial charge < -0.3 is 4.74 Å². The summed E-state index contributed by atoms with van der Waals surface area (Å²) in [4.78, 5) is 24.0. The van der Waals surface area contributed by atoms with Gasteiger partial charge in [-0.15, -0.1) is 11.8 Å². The molecule has 0 aliphatic rings. The lowest BCUT2D eigenvalue weighted by Crippen LogP contribution is -2.18. The molecule has 86 valence electrons. The van der Waals surface area contributed by atoms with Crippen molar-refractivity contribution in [1.82, 2.24) is 0 Å². The minimum absolute atomic E-state index is 0.215. The molecule has 1 aromatic rings. The lowest BCUT2D eigenvalue weighted by molar-refractivity contribution is -0.137. The van der Waals surface area contributed by atoms with Gasteiger partial charge in [-0.3, -0.25) is 4.79 Å². The van der Waals surface area contributed by atoms with Crippen LogP contribution in [0.3, 0.4) is 0 Å². The topological polar surface area (TPSA) is 43.4 Å². The molecule has 0 aromatic heterocycles. The highest BCUT2D eigenvalue weighted by molar-refractivity contribution is 7.98. The predicted molar refractivity (Wildman–Crippen MR) is 63.9 cm³/mol. The second-order valence-corrected chi connectivity index (χ2v) is 4.11. The van der Waals surface area contributed by atoms with Crippen LogP contribution in [0.4, 0.5) is 0 Å². The third kappa shape index (κ3) is 2.85. The van der Waals surface area contributed by atoms with E-state index in [1.54, 1.807) is 24.8 Å². The van der Waals surface area contributed by atoms with Gasteiger partial charge >= 0.3 is 5.97 Å². The smallest absolute Gasteiger partial charge is 0.379 e. The Morgan fingerprint density at radius 3 is 2.56 bits per heavy atom. The van der Waals surface area contributed by atoms with Crippen molar-refractivity contribution in [3.05, 3.63) is 29.3 Å². The van der Waals surface area contributed by atoms with Crippen LogP contribution in [0.2, 0.25) is 0 Å². The SMILES string of the molecule is CCOC(=O)C(=O)c1ccc(SC)cc1C. The molecule has 16 heavy (non-hydrogen) atoms. The summed E-state index contributed by atoms with van der Waals surface area (Å²) in [6.07, 6.45) is 1.96. The molecular formula is C12H14O3S. The van der Waals surface area contributed by atoms with E-state index in [9.17, 15) is 9.59 Å². The van der Waals surface area contributed by atoms with Crippen molar-refractivity contribution in [2.75, 3.05) is 12.9 Å². The van der Waals surface area contributed by atoms with Crippen LogP contribution in [0.5, 0.6) is 0 Å². The standard InChI is InChI=1S/C12H14O3S/c1-4-15-12(14)11(13)10-6-5-9(16-3)7-8(10)2/h5-7H,4H2,1-3H3. The number of benzene rings is 1. The van der Waals surface area contributed by atoms with Gasteiger partial charge in [-0.25, -0.2) is 4.79 Å². The van der Waals surface area contributed by atoms with Gasteiger partial charge in [-0.2, -0.15) is 0 Å². The third-order valence-corrected chi connectivity index (χ3v) is 2.86. The molecule has 0 radical (unpaired) electrons. The van der Waals surface area contributed by atoms with Crippen molar-refractivity contribution in [1.29, 1.82) is 0 Å². The van der Waals surface area contributed by atoms with Gasteiger partial charge in [-0.1, -0.05) is 0 Å². The second kappa shape index (κ2) is 5.70. The first kappa shape index (κ1) is 12.8. The van der Waals surface area contributed by atoms with E-state index < -0.39 is 11.8 Å². The van der Waals surface area contributed by atoms with E-state index in [0.29, 0.717) is 5.56 Å². The maximum Gasteiger partial charge on any atom is 0.379 e. The lowest BCUT2D eigenvalue weighted by atomic mass is 10.1. The number of rotatable bonds is 4. The summed E-state index contributed by atoms with van der Waals surface area (Å²) in [7, 11) is 0. The van der Waals surface area contributed by atoms with Crippen molar-refractivity contribution in [3.8, 4) is 0 Å². The summed E-state index contributed by atoms with van der Waals surface area (Å²) in [6, 6.07) is 5.38. The Balaban J connectivity index is 2.96. The molecule has 0 fully saturated rings. The Hall–Kier alpha value is -1.29. The van der Waals surface area contributed by atoms with E-state index >= 15 is 0 Å². The Bertz CT molecular complexity index is 413. The molecule has 0 N–H and O–H groups in total. The molecule has 1 aromatic carbocycles. The van der Waals surface area contributed by atoms with E-state index in [1.165, 1.54) is 0 Å². The van der Waals surface area contributed by atoms with Gasteiger partial charge in [0.2, 0.25) is 0 Å². The Labute approximate surface area is 99.2 Å². The molecule has 0 amide bonds. The van der Waals surface area contributed by atoms with Gasteiger partial charge in [0.15, 0.2) is 0 Å². The summed E-state index contributed by atoms with van der Waals surface area (Å²) in [6.45, 7) is 3.70. The second-order valence-electron chi connectivity index (χ2n) is 3.23. The number of Topliss-reactive ketones (excluding diaryl/α,β-unsaturated/α-hetero) is 1. The van der Waals surface area contributed by atoms with Crippen molar-refractivity contribution in [2.24, 2.45) is 0 Å². The molecule has 0 spiro atoms. The van der Waals surface area contributed by atoms with Crippen molar-refractivity contribution in [3.63, 3.8) is 0 Å². The highest BCUT2D eigenvalue weighted by Crippen LogP contribution is 2.19. The van der Waals surface area contributed by atoms with Gasteiger partial charge in [0, 0.05) is 10.5 Å². The summed E-state index contributed by atoms with van der Waals surface area (Å²) in [5.41, 5.74) is 1.21. The monoisotopic (exact) mass is 238 g/mol. The number of esters is 1. The molecule has 0 saturated carbocycles. The summed E-state index contributed by atoms with van der Waals surface area (Å²) in [5, 5.41) is 0. The zero-order chi connectivity index (χ0) is 12.1. The van der Waals surface area contributed by atoms with Crippen LogP contribution in [0.15, 0.2) is 23.1 Å². The number of carbonyl (C=O) groups is 2. The third-order valence-electron chi connectivity index (χ3n) is 2.14. The number of thioether (sulfide) groups is 1. The van der Waals surface area contributed by atoms with E-state index in [-0.39, 0.29) is 6.61 Å². The highest BCUT2D eigenvalue weighted by Gasteiger charge is 2.19. The Kier molecular flexibility index (Phi) is 4.55. The van der Waals surface area contributed by atoms with Crippen LogP contribution >= 0.6 is 11.8 Å². The van der Waals surface area contributed by atoms with Crippen molar-refractivity contribution in [2.45, 2.75) is 18.7 Å². The minimum Gasteiger partial charge on any atom is -0.460 e. The molecule has 3 nitrogen and oxygen atoms in total. The number of hydrogen-bond acceptors (Lipinski definition) is 4. The molecule has 0 aliphatic heterocycles. The maximum absolute atomic E-state index is 11.7. The van der Waals surface area contributed by atoms with Crippen LogP contribution in [-0.4, -0.2) is 24.6 Å². The van der Waals surface area contributed by atoms with E-state index in [1.807, 2.05) is 25.3 Å². The molecule has 0 heterocycles. The summed E-state index contributed by atoms with van der Waals surface area (Å²) in [5.74, 6) is -1.37. The van der Waals surface area contributed by atoms with Crippen LogP contribution in [0.1, 0.15) is 22.8 Å². The van der Waals surface area contributed by atoms with E-state index in [2.05, 4.69) is 4.74 Å². The van der Waals surface area contributed by atoms with Gasteiger partial charge in [0.1, 0.15) is 0 Å². The number of aryl methyl sites for hydroxylation is 1. The van der Waals surface area contributed by atoms with Crippen LogP contribution in [0, 0.1) is 6.92 Å². The zero-order valence-electron chi connectivity index (χ0n) is 9.57. The minimum atomic E-state index is -0.789. The number of carbonyl (C=O) groups excluding carboxylic acids is 2. The molecule has 1 rings (SSSR count). The first-order chi connectivity index (χ1) is 7.60. The van der Waals surface area contributed by atoms with Crippen LogP contribution in [-0.2, 0) is 9.53 Å². The predicted octanol–water partition coefficient (Wildman–Crippen LogP) is 2.46. The van der Waals surface area contributed by atoms with Crippen LogP contribution in [0.25, 0.3) is 0 Å². The van der Waals surface area contributed by atoms with Crippen molar-refractivity contribution < 1.29 is 14.3 Å². The molecular weight excluding hydrogens is 224 g/mol. The van der Waals surface area contributed by atoms with Crippen molar-refractivity contribution >= 4 is 23.5 Å². The number of hydrogen-bond donors (Lipinski definition) is 0. The fraction of sp³-hybridized carbons (Fsp3) is 0.333. The largest absolute Gasteiger partial charge is 0.460 e. The van der Waals surface area contributed by atoms with Gasteiger partial charge in [0.25, 0.3) is 5.78 Å². The summed E-state index contributed by atoms with van der Waals surface area (Å²) >= 11 is 1.59. The molecule has 0 bridgehead atoms. The fourth-order valence-electron chi connectivity index (χ4n) is 1.32. The Morgan fingerprint density at radius 2 is 2.06 bits per heavy atom. The normalized spacial score (nSPS) is 9.94. The highest BCUT2D eigenvalue weighted by atomic mass is 32.2. The maximum atomic E-state index is 11.7. The first-order valence-electron chi connectivity index (χ1n) is 4.96. The fourth-order valence-corrected chi connectivity index (χ4v) is 1.82. The van der Waals surface area contributed by atoms with Gasteiger partial charge in [0.05, 0.1) is 6.61 Å². The van der Waals surface area contributed by atoms with E-state index in [4.69, 9.17) is 0 Å². The lowest BCUT2D eigenvalue weighted by Gasteiger charge is -2.05. The summed E-state index contributed by atoms with van der Waals surface area (Å²) < 4.78 is 4.68. The van der Waals surface area contributed by atoms with Gasteiger partial charge in [-0.05, 0) is 43.9 Å². The number of ether oxygens (including phenoxy) is 1. The average molecular weight is 238 g/mol. The average Bonchev–Trinajstić information content (AvgIpc) is 2.28. The molecule has 0 unspecified atom stereocenters. The molecule has 4 heteroatoms. The molecule has 0 aliphatic carbocycles. The quantitative estimate of drug-likeness (QED) is 0.350. The van der Waals surface area contributed by atoms with Crippen LogP contribution < -0.4 is 0 Å². The molecule has 0 atom stereocenters. The Morgan fingerprint density at radius 1 is 1.38 bits per heavy atom. The first-order valence-corrected chi connectivity index (χ1v) is 6.18.